The molecule has 27 heteroatoms. The fourth-order valence-corrected chi connectivity index (χ4v) is 10.1. The quantitative estimate of drug-likeness (QED) is 0.0408. The van der Waals surface area contributed by atoms with E-state index < -0.39 is 63.6 Å². The van der Waals surface area contributed by atoms with Gasteiger partial charge in [0.1, 0.15) is 11.4 Å². The molecule has 0 aromatic heterocycles. The average molecular weight is 1110 g/mol. The van der Waals surface area contributed by atoms with Gasteiger partial charge in [0.15, 0.2) is 17.2 Å². The second-order valence-corrected chi connectivity index (χ2v) is 22.7. The predicted octanol–water partition coefficient (Wildman–Crippen LogP) is 10.7. The Morgan fingerprint density at radius 1 is 0.553 bits per heavy atom. The molecule has 392 valence electrons. The van der Waals surface area contributed by atoms with Gasteiger partial charge in [-0.05, 0) is 109 Å². The highest BCUT2D eigenvalue weighted by Gasteiger charge is 2.23. The summed E-state index contributed by atoms with van der Waals surface area (Å²) in [6.45, 7) is 1.69. The Balaban J connectivity index is 1.26. The van der Waals surface area contributed by atoms with E-state index in [1.165, 1.54) is 109 Å². The zero-order valence-electron chi connectivity index (χ0n) is 40.4. The van der Waals surface area contributed by atoms with E-state index in [0.717, 1.165) is 27.6 Å². The van der Waals surface area contributed by atoms with Crippen molar-refractivity contribution in [3.05, 3.63) is 133 Å². The van der Waals surface area contributed by atoms with Crippen LogP contribution in [0.3, 0.4) is 0 Å². The molecule has 76 heavy (non-hydrogen) atoms. The van der Waals surface area contributed by atoms with Gasteiger partial charge >= 0.3 is 10.1 Å². The van der Waals surface area contributed by atoms with Gasteiger partial charge in [-0.15, -0.1) is 25.6 Å². The number of nitrogens with zero attached hydrogens (tertiary/aromatic N) is 6. The van der Waals surface area contributed by atoms with Gasteiger partial charge in [-0.2, -0.15) is 38.8 Å². The van der Waals surface area contributed by atoms with Crippen molar-refractivity contribution < 1.29 is 65.0 Å². The first kappa shape index (κ1) is 54.0. The van der Waals surface area contributed by atoms with Gasteiger partial charge in [-0.25, -0.2) is 0 Å². The van der Waals surface area contributed by atoms with E-state index in [1.54, 1.807) is 25.1 Å². The Bertz CT molecular complexity index is 4230. The third kappa shape index (κ3) is 11.6. The third-order valence-electron chi connectivity index (χ3n) is 11.1. The van der Waals surface area contributed by atoms with Crippen molar-refractivity contribution in [2.45, 2.75) is 21.6 Å². The van der Waals surface area contributed by atoms with Gasteiger partial charge in [0, 0.05) is 49.9 Å². The molecule has 8 aromatic carbocycles. The lowest BCUT2D eigenvalue weighted by molar-refractivity contribution is 0.102. The summed E-state index contributed by atoms with van der Waals surface area (Å²) in [6.07, 6.45) is 0.780. The van der Waals surface area contributed by atoms with E-state index in [9.17, 15) is 43.6 Å². The minimum atomic E-state index is -4.35. The molecule has 0 radical (unpaired) electrons. The fourth-order valence-electron chi connectivity index (χ4n) is 7.52. The van der Waals surface area contributed by atoms with Crippen LogP contribution < -0.4 is 20.0 Å². The van der Waals surface area contributed by atoms with Gasteiger partial charge in [-0.3, -0.25) is 17.3 Å². The summed E-state index contributed by atoms with van der Waals surface area (Å²) in [4.78, 5) is 12.3. The van der Waals surface area contributed by atoms with Crippen LogP contribution in [-0.4, -0.2) is 78.9 Å². The number of azo groups is 3. The average Bonchev–Trinajstić information content (AvgIpc) is 3.40. The maximum Gasteiger partial charge on any atom is 0.306 e. The zero-order valence-corrected chi connectivity index (χ0v) is 43.7. The molecule has 0 atom stereocenters. The smallest absolute Gasteiger partial charge is 0.306 e. The molecule has 0 aliphatic heterocycles. The van der Waals surface area contributed by atoms with Crippen LogP contribution in [0.4, 0.5) is 45.5 Å². The Labute approximate surface area is 434 Å². The molecule has 0 saturated carbocycles. The summed E-state index contributed by atoms with van der Waals surface area (Å²) in [6, 6.07) is 29.6. The van der Waals surface area contributed by atoms with E-state index in [2.05, 4.69) is 40.2 Å². The number of aromatic hydroxyl groups is 1. The number of phenols is 1. The lowest BCUT2D eigenvalue weighted by Gasteiger charge is -2.14. The maximum absolute atomic E-state index is 13.1. The number of nitrogens with two attached hydrogens (primary N) is 1. The van der Waals surface area contributed by atoms with Crippen LogP contribution in [-0.2, 0) is 53.0 Å². The lowest BCUT2D eigenvalue weighted by Crippen LogP contribution is -2.12. The van der Waals surface area contributed by atoms with Gasteiger partial charge in [0.05, 0.1) is 71.6 Å². The standard InChI is InChI=1S/C49H42N8O15S4/c1-6-71-44-27-43(55-54-42-20-19-41(37-17-14-34(25-39(37)42)75(64,65)69-3)53-52-32-11-8-12-33(24-32)74(62,63)68-2)40-26-35(76(66,67)70-4)15-18-38(40)46(44)56-57-47-45(72-73(5,60)61)23-29-22-31(13-16-36(29)48(47)58)51-49(59)28-9-7-10-30(50)21-28/h7-27,58H,6,50H2,1-5H3,(H,51,59). The number of amides is 1. The summed E-state index contributed by atoms with van der Waals surface area (Å²) in [5.74, 6) is -1.52. The number of rotatable bonds is 18. The highest BCUT2D eigenvalue weighted by Crippen LogP contribution is 2.48. The van der Waals surface area contributed by atoms with Crippen LogP contribution in [0.15, 0.2) is 173 Å². The zero-order chi connectivity index (χ0) is 54.7. The van der Waals surface area contributed by atoms with Crippen molar-refractivity contribution in [1.82, 2.24) is 0 Å². The molecule has 0 aliphatic carbocycles. The lowest BCUT2D eigenvalue weighted by atomic mass is 10.1. The number of nitrogen functional groups attached to an aromatic ring is 1. The number of phenolic OH excluding ortho intramolecular Hbond substituents is 1. The SMILES string of the molecule is CCOc1cc(N=Nc2ccc(N=Nc3cccc(S(=O)(=O)OC)c3)c3ccc(S(=O)(=O)OC)cc23)c2cc(S(=O)(=O)OC)ccc2c1N=Nc1c(OS(C)(=O)=O)cc2cc(NC(=O)c3cccc(N)c3)ccc2c1O. The second kappa shape index (κ2) is 21.5. The molecule has 0 heterocycles. The molecule has 0 bridgehead atoms. The minimum absolute atomic E-state index is 0.00192. The second-order valence-electron chi connectivity index (χ2n) is 16.0. The minimum Gasteiger partial charge on any atom is -0.505 e. The first-order valence-corrected chi connectivity index (χ1v) is 28.0. The molecule has 0 saturated heterocycles. The van der Waals surface area contributed by atoms with E-state index in [4.69, 9.17) is 23.0 Å². The molecule has 0 aliphatic rings. The largest absolute Gasteiger partial charge is 0.505 e. The van der Waals surface area contributed by atoms with Crippen LogP contribution in [0.1, 0.15) is 17.3 Å². The first-order valence-electron chi connectivity index (χ1n) is 22.0. The summed E-state index contributed by atoms with van der Waals surface area (Å²) in [5.41, 5.74) is 6.68. The highest BCUT2D eigenvalue weighted by molar-refractivity contribution is 7.87. The van der Waals surface area contributed by atoms with E-state index in [0.29, 0.717) is 11.1 Å². The van der Waals surface area contributed by atoms with Crippen molar-refractivity contribution in [1.29, 1.82) is 0 Å². The molecule has 0 unspecified atom stereocenters. The third-order valence-corrected chi connectivity index (χ3v) is 15.4. The summed E-state index contributed by atoms with van der Waals surface area (Å²) >= 11 is 0. The number of hydrogen-bond donors (Lipinski definition) is 3. The number of fused-ring (bicyclic) bond motifs is 3. The monoisotopic (exact) mass is 1110 g/mol. The van der Waals surface area contributed by atoms with Crippen molar-refractivity contribution >= 4 is 124 Å². The van der Waals surface area contributed by atoms with Crippen LogP contribution in [0.2, 0.25) is 0 Å². The number of carbonyl (C=O) groups is 1. The summed E-state index contributed by atoms with van der Waals surface area (Å²) in [5, 5.41) is 41.8. The van der Waals surface area contributed by atoms with Crippen LogP contribution in [0.5, 0.6) is 17.2 Å². The molecule has 0 spiro atoms. The number of hydrogen-bond acceptors (Lipinski definition) is 22. The molecule has 23 nitrogen and oxygen atoms in total. The molecule has 8 rings (SSSR count). The fraction of sp³-hybridized carbons (Fsp3) is 0.122. The predicted molar refractivity (Wildman–Crippen MR) is 281 cm³/mol. The Morgan fingerprint density at radius 2 is 1.12 bits per heavy atom. The molecule has 0 fully saturated rings. The number of nitrogens with one attached hydrogen (secondary N) is 1. The normalized spacial score (nSPS) is 12.6. The van der Waals surface area contributed by atoms with Crippen molar-refractivity contribution in [3.63, 3.8) is 0 Å². The molecular formula is C49H42N8O15S4. The topological polar surface area (TPSA) is 332 Å². The summed E-state index contributed by atoms with van der Waals surface area (Å²) in [7, 11) is -14.0. The Kier molecular flexibility index (Phi) is 15.3. The van der Waals surface area contributed by atoms with Crippen molar-refractivity contribution in [2.24, 2.45) is 30.7 Å². The van der Waals surface area contributed by atoms with Crippen LogP contribution in [0, 0.1) is 0 Å². The van der Waals surface area contributed by atoms with Gasteiger partial charge in [-0.1, -0.05) is 24.3 Å². The maximum atomic E-state index is 13.1. The van der Waals surface area contributed by atoms with E-state index in [-0.39, 0.29) is 93.7 Å². The van der Waals surface area contributed by atoms with Crippen LogP contribution in [0.25, 0.3) is 32.3 Å². The molecule has 4 N–H and O–H groups in total. The van der Waals surface area contributed by atoms with Crippen molar-refractivity contribution in [2.75, 3.05) is 45.2 Å². The number of ether oxygens (including phenoxy) is 1. The molecular weight excluding hydrogens is 1070 g/mol. The van der Waals surface area contributed by atoms with E-state index in [1.807, 2.05) is 0 Å². The van der Waals surface area contributed by atoms with E-state index >= 15 is 0 Å². The van der Waals surface area contributed by atoms with Gasteiger partial charge < -0.3 is 25.1 Å². The van der Waals surface area contributed by atoms with Gasteiger partial charge in [0.2, 0.25) is 0 Å². The Hall–Kier alpha value is -8.31. The number of carbonyl (C=O) groups excluding carboxylic acids is 1. The van der Waals surface area contributed by atoms with Crippen LogP contribution >= 0.6 is 0 Å². The number of benzene rings is 8. The van der Waals surface area contributed by atoms with Crippen molar-refractivity contribution in [3.8, 4) is 17.2 Å². The van der Waals surface area contributed by atoms with Gasteiger partial charge in [0.25, 0.3) is 36.3 Å². The molecule has 1 amide bonds. The summed E-state index contributed by atoms with van der Waals surface area (Å²) < 4.78 is 128. The number of anilines is 2. The molecule has 8 aromatic rings. The first-order chi connectivity index (χ1) is 36.0. The Morgan fingerprint density at radius 3 is 1.75 bits per heavy atom. The highest BCUT2D eigenvalue weighted by atomic mass is 32.2.